The van der Waals surface area contributed by atoms with Gasteiger partial charge in [-0.2, -0.15) is 0 Å². The number of carbonyl (C=O) groups excluding carboxylic acids is 1. The van der Waals surface area contributed by atoms with E-state index < -0.39 is 25.9 Å². The summed E-state index contributed by atoms with van der Waals surface area (Å²) in [5.74, 6) is 0.573. The van der Waals surface area contributed by atoms with Gasteiger partial charge < -0.3 is 28.8 Å². The lowest BCUT2D eigenvalue weighted by atomic mass is 9.92. The molecule has 0 spiro atoms. The molecule has 2 N–H and O–H groups in total. The van der Waals surface area contributed by atoms with Crippen LogP contribution in [0.1, 0.15) is 105 Å². The Morgan fingerprint density at radius 2 is 1.57 bits per heavy atom. The zero-order chi connectivity index (χ0) is 33.4. The maximum absolute atomic E-state index is 11.8. The average Bonchev–Trinajstić information content (AvgIpc) is 2.95. The van der Waals surface area contributed by atoms with E-state index in [4.69, 9.17) is 18.6 Å². The first-order valence-corrected chi connectivity index (χ1v) is 19.5. The van der Waals surface area contributed by atoms with Gasteiger partial charge in [0, 0.05) is 13.0 Å². The molecule has 44 heavy (non-hydrogen) atoms. The van der Waals surface area contributed by atoms with E-state index in [0.717, 1.165) is 43.4 Å². The van der Waals surface area contributed by atoms with E-state index in [0.29, 0.717) is 39.1 Å². The van der Waals surface area contributed by atoms with Crippen molar-refractivity contribution in [1.82, 2.24) is 0 Å². The number of ether oxygens (including phenoxy) is 3. The summed E-state index contributed by atoms with van der Waals surface area (Å²) in [5.41, 5.74) is 0.581. The highest BCUT2D eigenvalue weighted by Crippen LogP contribution is 2.36. The Bertz CT molecular complexity index is 947. The Labute approximate surface area is 269 Å². The first-order valence-electron chi connectivity index (χ1n) is 16.5. The van der Waals surface area contributed by atoms with Gasteiger partial charge in [-0.25, -0.2) is 0 Å². The van der Waals surface area contributed by atoms with Gasteiger partial charge in [-0.3, -0.25) is 4.79 Å². The molecule has 0 fully saturated rings. The number of hydrogen-bond donors (Lipinski definition) is 2. The molecule has 8 heteroatoms. The molecule has 0 bridgehead atoms. The van der Waals surface area contributed by atoms with Crippen molar-refractivity contribution in [3.05, 3.63) is 42.0 Å². The zero-order valence-electron chi connectivity index (χ0n) is 29.5. The van der Waals surface area contributed by atoms with Crippen LogP contribution in [0.25, 0.3) is 0 Å². The van der Waals surface area contributed by atoms with E-state index in [1.54, 1.807) is 7.11 Å². The van der Waals surface area contributed by atoms with Crippen LogP contribution in [-0.4, -0.2) is 63.1 Å². The van der Waals surface area contributed by atoms with Crippen molar-refractivity contribution in [2.75, 3.05) is 20.3 Å². The molecule has 0 unspecified atom stereocenters. The van der Waals surface area contributed by atoms with E-state index in [2.05, 4.69) is 46.0 Å². The molecule has 0 saturated carbocycles. The van der Waals surface area contributed by atoms with E-state index in [9.17, 15) is 15.0 Å². The third-order valence-electron chi connectivity index (χ3n) is 8.62. The van der Waals surface area contributed by atoms with Crippen molar-refractivity contribution in [3.63, 3.8) is 0 Å². The number of rotatable bonds is 21. The Hall–Kier alpha value is -1.71. The van der Waals surface area contributed by atoms with Crippen LogP contribution in [0.15, 0.2) is 36.4 Å². The molecule has 0 saturated heterocycles. The molecule has 254 valence electrons. The second-order valence-electron chi connectivity index (χ2n) is 14.7. The molecule has 0 aliphatic heterocycles. The standard InChI is InChI=1S/C36H64O7Si/c1-28(18-16-14-12-11-13-15-17-24-41-34(39)35(2,3)4)33(38)32(37)26-31(23-25-43-44(9,10)36(5,6)7)42-27-29-19-21-30(40-8)22-20-29/h14,16,19-22,28,31-33,37-38H,11-13,15,17-18,23-27H2,1-10H3/b16-14+/t28-,31-,32-,33+/m0/s1. The second-order valence-corrected chi connectivity index (χ2v) is 19.6. The van der Waals surface area contributed by atoms with E-state index in [-0.39, 0.29) is 23.0 Å². The molecular formula is C36H64O7Si. The molecule has 0 amide bonds. The summed E-state index contributed by atoms with van der Waals surface area (Å²) in [7, 11) is -0.254. The molecule has 0 radical (unpaired) electrons. The summed E-state index contributed by atoms with van der Waals surface area (Å²) in [4.78, 5) is 11.8. The van der Waals surface area contributed by atoms with Gasteiger partial charge in [-0.05, 0) is 94.6 Å². The lowest BCUT2D eigenvalue weighted by Gasteiger charge is -2.36. The van der Waals surface area contributed by atoms with Gasteiger partial charge in [-0.15, -0.1) is 0 Å². The summed E-state index contributed by atoms with van der Waals surface area (Å²) in [6, 6.07) is 7.78. The monoisotopic (exact) mass is 636 g/mol. The maximum Gasteiger partial charge on any atom is 0.311 e. The van der Waals surface area contributed by atoms with Crippen molar-refractivity contribution in [2.45, 2.75) is 143 Å². The highest BCUT2D eigenvalue weighted by molar-refractivity contribution is 6.74. The summed E-state index contributed by atoms with van der Waals surface area (Å²) in [6.45, 7) is 20.2. The predicted molar refractivity (Wildman–Crippen MR) is 182 cm³/mol. The molecule has 1 rings (SSSR count). The highest BCUT2D eigenvalue weighted by Gasteiger charge is 2.37. The van der Waals surface area contributed by atoms with E-state index in [1.807, 2.05) is 52.0 Å². The summed E-state index contributed by atoms with van der Waals surface area (Å²) >= 11 is 0. The lowest BCUT2D eigenvalue weighted by molar-refractivity contribution is -0.153. The zero-order valence-corrected chi connectivity index (χ0v) is 30.5. The molecule has 7 nitrogen and oxygen atoms in total. The number of esters is 1. The molecule has 1 aromatic rings. The maximum atomic E-state index is 11.8. The van der Waals surface area contributed by atoms with Crippen LogP contribution >= 0.6 is 0 Å². The fourth-order valence-electron chi connectivity index (χ4n) is 4.32. The third kappa shape index (κ3) is 16.0. The molecule has 1 aromatic carbocycles. The van der Waals surface area contributed by atoms with Crippen LogP contribution in [-0.2, 0) is 25.3 Å². The Morgan fingerprint density at radius 3 is 2.16 bits per heavy atom. The van der Waals surface area contributed by atoms with Gasteiger partial charge in [-0.1, -0.05) is 64.8 Å². The minimum absolute atomic E-state index is 0.0792. The molecule has 0 aliphatic rings. The SMILES string of the molecule is COc1ccc(CO[C@@H](CCO[Si](C)(C)C(C)(C)C)C[C@H](O)[C@H](O)[C@@H](C)C/C=C/CCCCCCOC(=O)C(C)(C)C)cc1. The lowest BCUT2D eigenvalue weighted by Crippen LogP contribution is -2.41. The van der Waals surface area contributed by atoms with Crippen LogP contribution in [0, 0.1) is 11.3 Å². The largest absolute Gasteiger partial charge is 0.497 e. The number of carbonyl (C=O) groups is 1. The molecule has 0 aromatic heterocycles. The summed E-state index contributed by atoms with van der Waals surface area (Å²) < 4.78 is 23.2. The number of unbranched alkanes of at least 4 members (excludes halogenated alkanes) is 4. The predicted octanol–water partition coefficient (Wildman–Crippen LogP) is 8.23. The topological polar surface area (TPSA) is 94.5 Å². The van der Waals surface area contributed by atoms with Crippen molar-refractivity contribution < 1.29 is 33.6 Å². The Kier molecular flexibility index (Phi) is 18.1. The van der Waals surface area contributed by atoms with Crippen LogP contribution in [0.4, 0.5) is 0 Å². The Morgan fingerprint density at radius 1 is 0.932 bits per heavy atom. The molecule has 4 atom stereocenters. The third-order valence-corrected chi connectivity index (χ3v) is 13.2. The normalized spacial score (nSPS) is 15.6. The van der Waals surface area contributed by atoms with Gasteiger partial charge in [0.1, 0.15) is 5.75 Å². The van der Waals surface area contributed by atoms with Crippen LogP contribution in [0.5, 0.6) is 5.75 Å². The minimum atomic E-state index is -1.90. The fourth-order valence-corrected chi connectivity index (χ4v) is 5.38. The van der Waals surface area contributed by atoms with Crippen molar-refractivity contribution in [1.29, 1.82) is 0 Å². The molecule has 0 heterocycles. The number of hydrogen-bond acceptors (Lipinski definition) is 7. The van der Waals surface area contributed by atoms with E-state index >= 15 is 0 Å². The van der Waals surface area contributed by atoms with Crippen LogP contribution in [0.2, 0.25) is 18.1 Å². The van der Waals surface area contributed by atoms with E-state index in [1.165, 1.54) is 0 Å². The van der Waals surface area contributed by atoms with Crippen LogP contribution < -0.4 is 4.74 Å². The van der Waals surface area contributed by atoms with Gasteiger partial charge >= 0.3 is 5.97 Å². The van der Waals surface area contributed by atoms with Gasteiger partial charge in [0.2, 0.25) is 0 Å². The highest BCUT2D eigenvalue weighted by atomic mass is 28.4. The minimum Gasteiger partial charge on any atom is -0.497 e. The number of benzene rings is 1. The molecular weight excluding hydrogens is 572 g/mol. The average molecular weight is 637 g/mol. The van der Waals surface area contributed by atoms with Crippen molar-refractivity contribution in [3.8, 4) is 5.75 Å². The first-order chi connectivity index (χ1) is 20.5. The summed E-state index contributed by atoms with van der Waals surface area (Å²) in [5, 5.41) is 22.1. The first kappa shape index (κ1) is 40.3. The number of aliphatic hydroxyl groups is 2. The van der Waals surface area contributed by atoms with Gasteiger partial charge in [0.25, 0.3) is 0 Å². The quantitative estimate of drug-likeness (QED) is 0.0608. The second kappa shape index (κ2) is 19.7. The van der Waals surface area contributed by atoms with Gasteiger partial charge in [0.15, 0.2) is 8.32 Å². The van der Waals surface area contributed by atoms with Gasteiger partial charge in [0.05, 0.1) is 44.1 Å². The number of aliphatic hydroxyl groups excluding tert-OH is 2. The summed E-state index contributed by atoms with van der Waals surface area (Å²) in [6.07, 6.45) is 9.06. The van der Waals surface area contributed by atoms with Crippen LogP contribution in [0.3, 0.4) is 0 Å². The van der Waals surface area contributed by atoms with Crippen molar-refractivity contribution in [2.24, 2.45) is 11.3 Å². The number of allylic oxidation sites excluding steroid dienone is 2. The van der Waals surface area contributed by atoms with Crippen molar-refractivity contribution >= 4 is 14.3 Å². The fraction of sp³-hybridized carbons (Fsp3) is 0.750. The number of methoxy groups -OCH3 is 1. The Balaban J connectivity index is 2.52. The molecule has 0 aliphatic carbocycles. The smallest absolute Gasteiger partial charge is 0.311 e.